The van der Waals surface area contributed by atoms with Gasteiger partial charge in [-0.05, 0) is 49.7 Å². The van der Waals surface area contributed by atoms with Crippen LogP contribution in [0.3, 0.4) is 0 Å². The Kier molecular flexibility index (Phi) is 5.57. The minimum Gasteiger partial charge on any atom is -0.452 e. The van der Waals surface area contributed by atoms with E-state index in [9.17, 15) is 9.59 Å². The number of benzene rings is 1. The van der Waals surface area contributed by atoms with Gasteiger partial charge in [0.15, 0.2) is 6.61 Å². The molecule has 148 valence electrons. The third kappa shape index (κ3) is 4.02. The molecule has 6 heteroatoms. The van der Waals surface area contributed by atoms with Crippen LogP contribution in [0.1, 0.15) is 47.8 Å². The molecule has 1 amide bonds. The van der Waals surface area contributed by atoms with E-state index in [1.54, 1.807) is 0 Å². The second kappa shape index (κ2) is 8.27. The van der Waals surface area contributed by atoms with Crippen LogP contribution in [-0.2, 0) is 27.1 Å². The van der Waals surface area contributed by atoms with Crippen molar-refractivity contribution >= 4 is 22.8 Å². The van der Waals surface area contributed by atoms with Gasteiger partial charge in [0, 0.05) is 24.2 Å². The lowest BCUT2D eigenvalue weighted by atomic mass is 9.84. The minimum atomic E-state index is -0.448. The van der Waals surface area contributed by atoms with Gasteiger partial charge >= 0.3 is 5.97 Å². The topological polar surface area (TPSA) is 77.5 Å². The van der Waals surface area contributed by atoms with E-state index in [0.29, 0.717) is 18.0 Å². The first kappa shape index (κ1) is 18.9. The van der Waals surface area contributed by atoms with E-state index in [-0.39, 0.29) is 18.6 Å². The zero-order valence-electron chi connectivity index (χ0n) is 16.2. The van der Waals surface area contributed by atoms with Gasteiger partial charge in [0.05, 0.1) is 17.2 Å². The fraction of sp³-hybridized carbons (Fsp3) is 0.500. The van der Waals surface area contributed by atoms with Crippen LogP contribution in [0.4, 0.5) is 0 Å². The molecule has 0 unspecified atom stereocenters. The van der Waals surface area contributed by atoms with E-state index in [2.05, 4.69) is 12.2 Å². The first-order valence-corrected chi connectivity index (χ1v) is 10.1. The van der Waals surface area contributed by atoms with Gasteiger partial charge in [-0.2, -0.15) is 0 Å². The smallest absolute Gasteiger partial charge is 0.339 e. The highest BCUT2D eigenvalue weighted by Gasteiger charge is 2.26. The number of rotatable bonds is 5. The molecule has 1 N–H and O–H groups in total. The Morgan fingerprint density at radius 2 is 2.14 bits per heavy atom. The average molecular weight is 382 g/mol. The highest BCUT2D eigenvalue weighted by atomic mass is 16.5. The molecular formula is C22H26N2O4. The lowest BCUT2D eigenvalue weighted by Crippen LogP contribution is -2.35. The lowest BCUT2D eigenvalue weighted by Gasteiger charge is -2.24. The van der Waals surface area contributed by atoms with Gasteiger partial charge in [-0.15, -0.1) is 0 Å². The third-order valence-corrected chi connectivity index (χ3v) is 5.59. The van der Waals surface area contributed by atoms with Crippen molar-refractivity contribution in [1.29, 1.82) is 0 Å². The number of amides is 1. The SMILES string of the molecule is C[C@H]1CCc2nc3ccccc3c(C(=O)OCC(=O)NC[C@@H]3CCCO3)c2C1. The number of carbonyl (C=O) groups excluding carboxylic acids is 2. The van der Waals surface area contributed by atoms with E-state index in [0.717, 1.165) is 60.9 Å². The minimum absolute atomic E-state index is 0.0669. The van der Waals surface area contributed by atoms with Gasteiger partial charge in [-0.25, -0.2) is 4.79 Å². The van der Waals surface area contributed by atoms with Gasteiger partial charge in [-0.1, -0.05) is 25.1 Å². The van der Waals surface area contributed by atoms with Gasteiger partial charge < -0.3 is 14.8 Å². The quantitative estimate of drug-likeness (QED) is 0.805. The first-order valence-electron chi connectivity index (χ1n) is 10.1. The van der Waals surface area contributed by atoms with Crippen molar-refractivity contribution in [3.63, 3.8) is 0 Å². The van der Waals surface area contributed by atoms with Crippen molar-refractivity contribution in [3.8, 4) is 0 Å². The fourth-order valence-electron chi connectivity index (χ4n) is 4.08. The molecule has 0 radical (unpaired) electrons. The summed E-state index contributed by atoms with van der Waals surface area (Å²) in [5, 5.41) is 3.58. The third-order valence-electron chi connectivity index (χ3n) is 5.59. The number of aryl methyl sites for hydroxylation is 1. The van der Waals surface area contributed by atoms with Crippen LogP contribution < -0.4 is 5.32 Å². The maximum absolute atomic E-state index is 12.9. The molecule has 28 heavy (non-hydrogen) atoms. The summed E-state index contributed by atoms with van der Waals surface area (Å²) in [4.78, 5) is 29.8. The van der Waals surface area contributed by atoms with Gasteiger partial charge in [0.25, 0.3) is 5.91 Å². The monoisotopic (exact) mass is 382 g/mol. The summed E-state index contributed by atoms with van der Waals surface area (Å²) < 4.78 is 10.9. The molecule has 1 fully saturated rings. The average Bonchev–Trinajstić information content (AvgIpc) is 3.22. The van der Waals surface area contributed by atoms with Gasteiger partial charge in [-0.3, -0.25) is 9.78 Å². The zero-order valence-corrected chi connectivity index (χ0v) is 16.2. The van der Waals surface area contributed by atoms with Crippen molar-refractivity contribution < 1.29 is 19.1 Å². The molecule has 2 atom stereocenters. The first-order chi connectivity index (χ1) is 13.6. The summed E-state index contributed by atoms with van der Waals surface area (Å²) in [7, 11) is 0. The predicted molar refractivity (Wildman–Crippen MR) is 105 cm³/mol. The van der Waals surface area contributed by atoms with Crippen molar-refractivity contribution in [2.45, 2.75) is 45.1 Å². The molecule has 0 spiro atoms. The van der Waals surface area contributed by atoms with E-state index >= 15 is 0 Å². The van der Waals surface area contributed by atoms with Crippen molar-refractivity contribution in [2.75, 3.05) is 19.8 Å². The number of nitrogens with one attached hydrogen (secondary N) is 1. The lowest BCUT2D eigenvalue weighted by molar-refractivity contribution is -0.124. The number of aromatic nitrogens is 1. The van der Waals surface area contributed by atoms with E-state index in [1.807, 2.05) is 24.3 Å². The van der Waals surface area contributed by atoms with Crippen LogP contribution in [0.15, 0.2) is 24.3 Å². The molecule has 1 saturated heterocycles. The standard InChI is InChI=1S/C22H26N2O4/c1-14-8-9-19-17(11-14)21(16-6-2-3-7-18(16)24-19)22(26)28-13-20(25)23-12-15-5-4-10-27-15/h2-3,6-7,14-15H,4-5,8-13H2,1H3,(H,23,25)/t14-,15-/m0/s1. The summed E-state index contributed by atoms with van der Waals surface area (Å²) >= 11 is 0. The number of nitrogens with zero attached hydrogens (tertiary/aromatic N) is 1. The number of para-hydroxylation sites is 1. The molecule has 0 saturated carbocycles. The van der Waals surface area contributed by atoms with Crippen LogP contribution in [0, 0.1) is 5.92 Å². The Balaban J connectivity index is 1.50. The van der Waals surface area contributed by atoms with Crippen molar-refractivity contribution in [3.05, 3.63) is 41.1 Å². The maximum Gasteiger partial charge on any atom is 0.339 e. The number of ether oxygens (including phenoxy) is 2. The Morgan fingerprint density at radius 3 is 2.96 bits per heavy atom. The number of hydrogen-bond donors (Lipinski definition) is 1. The zero-order chi connectivity index (χ0) is 19.5. The highest BCUT2D eigenvalue weighted by molar-refractivity contribution is 6.05. The van der Waals surface area contributed by atoms with Crippen LogP contribution in [0.5, 0.6) is 0 Å². The summed E-state index contributed by atoms with van der Waals surface area (Å²) in [6.45, 7) is 3.11. The van der Waals surface area contributed by atoms with Crippen LogP contribution in [0.25, 0.3) is 10.9 Å². The largest absolute Gasteiger partial charge is 0.452 e. The van der Waals surface area contributed by atoms with E-state index in [4.69, 9.17) is 14.5 Å². The summed E-state index contributed by atoms with van der Waals surface area (Å²) in [6.07, 6.45) is 4.78. The van der Waals surface area contributed by atoms with Crippen LogP contribution in [-0.4, -0.2) is 42.7 Å². The summed E-state index contributed by atoms with van der Waals surface area (Å²) in [5.74, 6) is -0.252. The van der Waals surface area contributed by atoms with E-state index in [1.165, 1.54) is 0 Å². The molecule has 4 rings (SSSR count). The second-order valence-corrected chi connectivity index (χ2v) is 7.79. The predicted octanol–water partition coefficient (Wildman–Crippen LogP) is 2.81. The molecule has 2 aromatic rings. The molecule has 2 aliphatic rings. The van der Waals surface area contributed by atoms with Crippen LogP contribution >= 0.6 is 0 Å². The molecule has 6 nitrogen and oxygen atoms in total. The molecular weight excluding hydrogens is 356 g/mol. The Hall–Kier alpha value is -2.47. The number of pyridine rings is 1. The highest BCUT2D eigenvalue weighted by Crippen LogP contribution is 2.31. The normalized spacial score (nSPS) is 21.3. The molecule has 1 aromatic heterocycles. The van der Waals surface area contributed by atoms with Gasteiger partial charge in [0.2, 0.25) is 0 Å². The maximum atomic E-state index is 12.9. The Labute approximate surface area is 164 Å². The molecule has 1 aliphatic carbocycles. The van der Waals surface area contributed by atoms with Crippen molar-refractivity contribution in [1.82, 2.24) is 10.3 Å². The molecule has 0 bridgehead atoms. The number of hydrogen-bond acceptors (Lipinski definition) is 5. The summed E-state index contributed by atoms with van der Waals surface area (Å²) in [5.41, 5.74) is 3.32. The Bertz CT molecular complexity index is 889. The number of carbonyl (C=O) groups is 2. The van der Waals surface area contributed by atoms with Crippen molar-refractivity contribution in [2.24, 2.45) is 5.92 Å². The van der Waals surface area contributed by atoms with E-state index < -0.39 is 5.97 Å². The molecule has 2 heterocycles. The van der Waals surface area contributed by atoms with Crippen LogP contribution in [0.2, 0.25) is 0 Å². The second-order valence-electron chi connectivity index (χ2n) is 7.79. The summed E-state index contributed by atoms with van der Waals surface area (Å²) in [6, 6.07) is 7.63. The fourth-order valence-corrected chi connectivity index (χ4v) is 4.08. The molecule has 1 aliphatic heterocycles. The number of esters is 1. The van der Waals surface area contributed by atoms with Gasteiger partial charge in [0.1, 0.15) is 0 Å². The number of fused-ring (bicyclic) bond motifs is 2. The molecule has 1 aromatic carbocycles. The Morgan fingerprint density at radius 1 is 1.29 bits per heavy atom.